The monoisotopic (exact) mass is 315 g/mol. The minimum Gasteiger partial charge on any atom is -0.310 e. The zero-order valence-electron chi connectivity index (χ0n) is 13.5. The zero-order valence-corrected chi connectivity index (χ0v) is 15.1. The van der Waals surface area contributed by atoms with Crippen LogP contribution in [0.1, 0.15) is 37.9 Å². The zero-order chi connectivity index (χ0) is 15.0. The molecule has 0 bridgehead atoms. The second-order valence-electron chi connectivity index (χ2n) is 5.69. The average Bonchev–Trinajstić information content (AvgIpc) is 2.83. The Morgan fingerprint density at radius 2 is 2.20 bits per heavy atom. The lowest BCUT2D eigenvalue weighted by Crippen LogP contribution is -2.32. The molecule has 0 radical (unpaired) electrons. The van der Waals surface area contributed by atoms with Crippen LogP contribution in [0.25, 0.3) is 0 Å². The Morgan fingerprint density at radius 1 is 1.45 bits per heavy atom. The van der Waals surface area contributed by atoms with E-state index in [0.29, 0.717) is 12.0 Å². The van der Waals surface area contributed by atoms with Gasteiger partial charge in [-0.15, -0.1) is 11.3 Å². The first-order valence-corrected chi connectivity index (χ1v) is 9.67. The van der Waals surface area contributed by atoms with Crippen molar-refractivity contribution in [3.63, 3.8) is 0 Å². The summed E-state index contributed by atoms with van der Waals surface area (Å²) in [6, 6.07) is 0.647. The summed E-state index contributed by atoms with van der Waals surface area (Å²) in [4.78, 5) is 7.16. The van der Waals surface area contributed by atoms with Crippen molar-refractivity contribution in [3.05, 3.63) is 16.1 Å². The van der Waals surface area contributed by atoms with Gasteiger partial charge in [0.15, 0.2) is 0 Å². The predicted molar refractivity (Wildman–Crippen MR) is 92.6 cm³/mol. The summed E-state index contributed by atoms with van der Waals surface area (Å²) in [7, 11) is 2.21. The number of nitrogens with zero attached hydrogens (tertiary/aromatic N) is 2. The van der Waals surface area contributed by atoms with Gasteiger partial charge in [-0.05, 0) is 32.2 Å². The fourth-order valence-corrected chi connectivity index (χ4v) is 3.73. The molecule has 0 aliphatic heterocycles. The summed E-state index contributed by atoms with van der Waals surface area (Å²) in [5, 5.41) is 6.86. The topological polar surface area (TPSA) is 28.2 Å². The van der Waals surface area contributed by atoms with Crippen molar-refractivity contribution in [2.24, 2.45) is 5.92 Å². The van der Waals surface area contributed by atoms with Gasteiger partial charge in [0.1, 0.15) is 5.01 Å². The molecule has 0 saturated heterocycles. The standard InChI is InChI=1S/C15H29N3S2/c1-6-14(11-19-5)18(4)9-13-10-20-15(17-13)8-16-7-12(2)3/h10,12,14,16H,6-9,11H2,1-5H3. The van der Waals surface area contributed by atoms with Crippen LogP contribution in [0.3, 0.4) is 0 Å². The molecule has 1 aromatic heterocycles. The number of nitrogens with one attached hydrogen (secondary N) is 1. The van der Waals surface area contributed by atoms with Crippen LogP contribution in [0, 0.1) is 5.92 Å². The van der Waals surface area contributed by atoms with Gasteiger partial charge in [-0.25, -0.2) is 4.98 Å². The van der Waals surface area contributed by atoms with Gasteiger partial charge in [0, 0.05) is 30.3 Å². The van der Waals surface area contributed by atoms with E-state index in [1.807, 2.05) is 11.8 Å². The molecule has 0 amide bonds. The Kier molecular flexibility index (Phi) is 8.77. The van der Waals surface area contributed by atoms with Crippen LogP contribution in [0.4, 0.5) is 0 Å². The van der Waals surface area contributed by atoms with E-state index in [1.54, 1.807) is 11.3 Å². The molecule has 1 unspecified atom stereocenters. The second kappa shape index (κ2) is 9.77. The highest BCUT2D eigenvalue weighted by Gasteiger charge is 2.13. The Bertz CT molecular complexity index is 366. The molecule has 116 valence electrons. The maximum atomic E-state index is 4.73. The molecule has 0 aliphatic carbocycles. The van der Waals surface area contributed by atoms with Gasteiger partial charge in [-0.1, -0.05) is 20.8 Å². The lowest BCUT2D eigenvalue weighted by Gasteiger charge is -2.25. The molecule has 5 heteroatoms. The van der Waals surface area contributed by atoms with E-state index in [2.05, 4.69) is 49.7 Å². The van der Waals surface area contributed by atoms with Crippen LogP contribution in [-0.2, 0) is 13.1 Å². The normalized spacial score (nSPS) is 13.3. The van der Waals surface area contributed by atoms with E-state index in [9.17, 15) is 0 Å². The van der Waals surface area contributed by atoms with Gasteiger partial charge in [0.2, 0.25) is 0 Å². The van der Waals surface area contributed by atoms with Crippen molar-refractivity contribution in [1.82, 2.24) is 15.2 Å². The van der Waals surface area contributed by atoms with Crippen molar-refractivity contribution in [3.8, 4) is 0 Å². The van der Waals surface area contributed by atoms with Crippen molar-refractivity contribution in [2.45, 2.75) is 46.3 Å². The van der Waals surface area contributed by atoms with Gasteiger partial charge >= 0.3 is 0 Å². The SMILES string of the molecule is CCC(CSC)N(C)Cc1csc(CNCC(C)C)n1. The van der Waals surface area contributed by atoms with Crippen molar-refractivity contribution in [1.29, 1.82) is 0 Å². The van der Waals surface area contributed by atoms with E-state index in [4.69, 9.17) is 4.98 Å². The molecule has 20 heavy (non-hydrogen) atoms. The lowest BCUT2D eigenvalue weighted by molar-refractivity contribution is 0.245. The highest BCUT2D eigenvalue weighted by Crippen LogP contribution is 2.15. The quantitative estimate of drug-likeness (QED) is 0.716. The van der Waals surface area contributed by atoms with Crippen LogP contribution in [0.5, 0.6) is 0 Å². The third-order valence-corrected chi connectivity index (χ3v) is 4.91. The van der Waals surface area contributed by atoms with Gasteiger partial charge in [-0.3, -0.25) is 4.90 Å². The summed E-state index contributed by atoms with van der Waals surface area (Å²) >= 11 is 3.69. The highest BCUT2D eigenvalue weighted by atomic mass is 32.2. The number of thioether (sulfide) groups is 1. The molecule has 0 fully saturated rings. The fourth-order valence-electron chi connectivity index (χ4n) is 2.10. The minimum atomic E-state index is 0.647. The Morgan fingerprint density at radius 3 is 2.80 bits per heavy atom. The van der Waals surface area contributed by atoms with Crippen molar-refractivity contribution < 1.29 is 0 Å². The Labute approximate surface area is 132 Å². The molecule has 1 heterocycles. The molecular formula is C15H29N3S2. The summed E-state index contributed by atoms with van der Waals surface area (Å²) in [6.45, 7) is 9.63. The lowest BCUT2D eigenvalue weighted by atomic mass is 10.2. The molecule has 0 aromatic carbocycles. The van der Waals surface area contributed by atoms with Gasteiger partial charge in [0.25, 0.3) is 0 Å². The molecule has 3 nitrogen and oxygen atoms in total. The van der Waals surface area contributed by atoms with Crippen LogP contribution < -0.4 is 5.32 Å². The predicted octanol–water partition coefficient (Wildman–Crippen LogP) is 3.46. The summed E-state index contributed by atoms with van der Waals surface area (Å²) < 4.78 is 0. The molecule has 0 spiro atoms. The third kappa shape index (κ3) is 6.57. The smallest absolute Gasteiger partial charge is 0.107 e. The van der Waals surface area contributed by atoms with E-state index >= 15 is 0 Å². The van der Waals surface area contributed by atoms with Crippen LogP contribution in [-0.4, -0.2) is 41.5 Å². The highest BCUT2D eigenvalue weighted by molar-refractivity contribution is 7.98. The number of aromatic nitrogens is 1. The van der Waals surface area contributed by atoms with Crippen molar-refractivity contribution in [2.75, 3.05) is 25.6 Å². The minimum absolute atomic E-state index is 0.647. The van der Waals surface area contributed by atoms with Crippen LogP contribution in [0.2, 0.25) is 0 Å². The largest absolute Gasteiger partial charge is 0.310 e. The molecule has 0 aliphatic rings. The third-order valence-electron chi connectivity index (χ3n) is 3.29. The summed E-state index contributed by atoms with van der Waals surface area (Å²) in [5.74, 6) is 1.89. The molecule has 1 rings (SSSR count). The van der Waals surface area contributed by atoms with Crippen LogP contribution >= 0.6 is 23.1 Å². The molecule has 1 aromatic rings. The van der Waals surface area contributed by atoms with E-state index in [0.717, 1.165) is 19.6 Å². The van der Waals surface area contributed by atoms with Gasteiger partial charge < -0.3 is 5.32 Å². The molecule has 0 saturated carbocycles. The van der Waals surface area contributed by atoms with E-state index in [1.165, 1.54) is 22.9 Å². The second-order valence-corrected chi connectivity index (χ2v) is 7.54. The maximum absolute atomic E-state index is 4.73. The number of hydrogen-bond acceptors (Lipinski definition) is 5. The fraction of sp³-hybridized carbons (Fsp3) is 0.800. The average molecular weight is 316 g/mol. The number of rotatable bonds is 10. The first kappa shape index (κ1) is 18.0. The molecule has 1 N–H and O–H groups in total. The first-order valence-electron chi connectivity index (χ1n) is 7.40. The van der Waals surface area contributed by atoms with E-state index < -0.39 is 0 Å². The van der Waals surface area contributed by atoms with Gasteiger partial charge in [0.05, 0.1) is 5.69 Å². The Balaban J connectivity index is 2.42. The van der Waals surface area contributed by atoms with Crippen molar-refractivity contribution >= 4 is 23.1 Å². The number of hydrogen-bond donors (Lipinski definition) is 1. The molecule has 1 atom stereocenters. The summed E-state index contributed by atoms with van der Waals surface area (Å²) in [5.41, 5.74) is 1.21. The Hall–Kier alpha value is -0.100. The van der Waals surface area contributed by atoms with Gasteiger partial charge in [-0.2, -0.15) is 11.8 Å². The molecular weight excluding hydrogens is 286 g/mol. The summed E-state index contributed by atoms with van der Waals surface area (Å²) in [6.07, 6.45) is 3.38. The van der Waals surface area contributed by atoms with E-state index in [-0.39, 0.29) is 0 Å². The maximum Gasteiger partial charge on any atom is 0.107 e. The van der Waals surface area contributed by atoms with Crippen LogP contribution in [0.15, 0.2) is 5.38 Å². The first-order chi connectivity index (χ1) is 9.56. The number of thiazole rings is 1.